The second-order valence-corrected chi connectivity index (χ2v) is 5.26. The number of anilines is 1. The molecule has 2 rings (SSSR count). The zero-order chi connectivity index (χ0) is 14.5. The predicted octanol–water partition coefficient (Wildman–Crippen LogP) is 5.31. The van der Waals surface area contributed by atoms with Crippen LogP contribution in [-0.4, -0.2) is 6.61 Å². The van der Waals surface area contributed by atoms with E-state index in [1.54, 1.807) is 6.07 Å². The summed E-state index contributed by atoms with van der Waals surface area (Å²) >= 11 is 12.2. The summed E-state index contributed by atoms with van der Waals surface area (Å²) in [4.78, 5) is 0. The van der Waals surface area contributed by atoms with Crippen LogP contribution in [0.1, 0.15) is 18.1 Å². The maximum atomic E-state index is 6.17. The Kier molecular flexibility index (Phi) is 5.16. The first-order valence-corrected chi connectivity index (χ1v) is 7.27. The second kappa shape index (κ2) is 6.87. The molecular formula is C16H17Cl2NO. The van der Waals surface area contributed by atoms with Crippen LogP contribution in [0.4, 0.5) is 5.69 Å². The minimum atomic E-state index is 0.578. The summed E-state index contributed by atoms with van der Waals surface area (Å²) < 4.78 is 5.47. The molecule has 0 aliphatic heterocycles. The smallest absolute Gasteiger partial charge is 0.119 e. The van der Waals surface area contributed by atoms with Crippen molar-refractivity contribution in [3.05, 3.63) is 57.6 Å². The average molecular weight is 310 g/mol. The Morgan fingerprint density at radius 2 is 1.95 bits per heavy atom. The van der Waals surface area contributed by atoms with Gasteiger partial charge >= 0.3 is 0 Å². The van der Waals surface area contributed by atoms with Crippen LogP contribution in [0.2, 0.25) is 10.0 Å². The van der Waals surface area contributed by atoms with Crippen molar-refractivity contribution < 1.29 is 4.74 Å². The van der Waals surface area contributed by atoms with Gasteiger partial charge in [-0.05, 0) is 49.2 Å². The van der Waals surface area contributed by atoms with Gasteiger partial charge in [-0.2, -0.15) is 0 Å². The molecular weight excluding hydrogens is 293 g/mol. The van der Waals surface area contributed by atoms with Gasteiger partial charge in [0.05, 0.1) is 16.7 Å². The van der Waals surface area contributed by atoms with Crippen molar-refractivity contribution in [1.29, 1.82) is 0 Å². The number of ether oxygens (including phenoxy) is 1. The molecule has 0 fully saturated rings. The third kappa shape index (κ3) is 3.59. The lowest BCUT2D eigenvalue weighted by molar-refractivity contribution is 0.340. The highest BCUT2D eigenvalue weighted by Gasteiger charge is 2.05. The van der Waals surface area contributed by atoms with Crippen molar-refractivity contribution in [1.82, 2.24) is 0 Å². The first kappa shape index (κ1) is 15.0. The molecule has 0 saturated heterocycles. The van der Waals surface area contributed by atoms with Gasteiger partial charge in [0.2, 0.25) is 0 Å². The summed E-state index contributed by atoms with van der Waals surface area (Å²) in [5, 5.41) is 4.55. The van der Waals surface area contributed by atoms with Crippen LogP contribution in [0.15, 0.2) is 36.4 Å². The first-order valence-electron chi connectivity index (χ1n) is 6.52. The van der Waals surface area contributed by atoms with E-state index in [1.165, 1.54) is 0 Å². The molecule has 106 valence electrons. The maximum Gasteiger partial charge on any atom is 0.119 e. The Balaban J connectivity index is 2.09. The molecule has 0 amide bonds. The van der Waals surface area contributed by atoms with Gasteiger partial charge in [-0.25, -0.2) is 0 Å². The SMILES string of the molecule is CCOc1ccc(NCc2cccc(Cl)c2Cl)c(C)c1. The van der Waals surface area contributed by atoms with Crippen molar-refractivity contribution in [2.24, 2.45) is 0 Å². The van der Waals surface area contributed by atoms with E-state index >= 15 is 0 Å². The third-order valence-electron chi connectivity index (χ3n) is 3.01. The van der Waals surface area contributed by atoms with Crippen LogP contribution < -0.4 is 10.1 Å². The van der Waals surface area contributed by atoms with Crippen molar-refractivity contribution in [2.45, 2.75) is 20.4 Å². The molecule has 2 nitrogen and oxygen atoms in total. The quantitative estimate of drug-likeness (QED) is 0.807. The van der Waals surface area contributed by atoms with E-state index < -0.39 is 0 Å². The molecule has 0 unspecified atom stereocenters. The molecule has 0 aliphatic carbocycles. The largest absolute Gasteiger partial charge is 0.494 e. The molecule has 0 spiro atoms. The van der Waals surface area contributed by atoms with Gasteiger partial charge in [0.25, 0.3) is 0 Å². The van der Waals surface area contributed by atoms with Gasteiger partial charge in [-0.1, -0.05) is 35.3 Å². The number of nitrogens with one attached hydrogen (secondary N) is 1. The molecule has 1 N–H and O–H groups in total. The normalized spacial score (nSPS) is 10.4. The molecule has 2 aromatic rings. The number of aryl methyl sites for hydroxylation is 1. The van der Waals surface area contributed by atoms with Gasteiger partial charge < -0.3 is 10.1 Å². The monoisotopic (exact) mass is 309 g/mol. The molecule has 0 saturated carbocycles. The fourth-order valence-electron chi connectivity index (χ4n) is 1.97. The van der Waals surface area contributed by atoms with Crippen LogP contribution >= 0.6 is 23.2 Å². The highest BCUT2D eigenvalue weighted by molar-refractivity contribution is 6.42. The van der Waals surface area contributed by atoms with E-state index in [0.29, 0.717) is 23.2 Å². The van der Waals surface area contributed by atoms with Crippen molar-refractivity contribution in [3.8, 4) is 5.75 Å². The van der Waals surface area contributed by atoms with E-state index in [4.69, 9.17) is 27.9 Å². The Morgan fingerprint density at radius 3 is 2.65 bits per heavy atom. The predicted molar refractivity (Wildman–Crippen MR) is 86.1 cm³/mol. The van der Waals surface area contributed by atoms with E-state index in [1.807, 2.05) is 44.2 Å². The summed E-state index contributed by atoms with van der Waals surface area (Å²) in [5.41, 5.74) is 3.17. The van der Waals surface area contributed by atoms with E-state index in [2.05, 4.69) is 5.32 Å². The van der Waals surface area contributed by atoms with Gasteiger partial charge in [0.1, 0.15) is 5.75 Å². The standard InChI is InChI=1S/C16H17Cl2NO/c1-3-20-13-7-8-15(11(2)9-13)19-10-12-5-4-6-14(17)16(12)18/h4-9,19H,3,10H2,1-2H3. The van der Waals surface area contributed by atoms with Crippen LogP contribution in [0.25, 0.3) is 0 Å². The molecule has 0 atom stereocenters. The maximum absolute atomic E-state index is 6.17. The average Bonchev–Trinajstić information content (AvgIpc) is 2.42. The highest BCUT2D eigenvalue weighted by atomic mass is 35.5. The van der Waals surface area contributed by atoms with Gasteiger partial charge in [-0.15, -0.1) is 0 Å². The lowest BCUT2D eigenvalue weighted by Crippen LogP contribution is -2.02. The molecule has 2 aromatic carbocycles. The molecule has 20 heavy (non-hydrogen) atoms. The number of hydrogen-bond donors (Lipinski definition) is 1. The van der Waals surface area contributed by atoms with E-state index in [0.717, 1.165) is 22.6 Å². The lowest BCUT2D eigenvalue weighted by atomic mass is 10.1. The number of hydrogen-bond acceptors (Lipinski definition) is 2. The van der Waals surface area contributed by atoms with Gasteiger partial charge in [-0.3, -0.25) is 0 Å². The molecule has 0 aliphatic rings. The highest BCUT2D eigenvalue weighted by Crippen LogP contribution is 2.27. The number of halogens is 2. The minimum Gasteiger partial charge on any atom is -0.494 e. The minimum absolute atomic E-state index is 0.578. The fourth-order valence-corrected chi connectivity index (χ4v) is 2.35. The van der Waals surface area contributed by atoms with Crippen LogP contribution in [0.5, 0.6) is 5.75 Å². The van der Waals surface area contributed by atoms with Gasteiger partial charge in [0, 0.05) is 12.2 Å². The topological polar surface area (TPSA) is 21.3 Å². The summed E-state index contributed by atoms with van der Waals surface area (Å²) in [6, 6.07) is 11.6. The Morgan fingerprint density at radius 1 is 1.15 bits per heavy atom. The van der Waals surface area contributed by atoms with Crippen LogP contribution in [0.3, 0.4) is 0 Å². The summed E-state index contributed by atoms with van der Waals surface area (Å²) in [5.74, 6) is 0.885. The van der Waals surface area contributed by atoms with Gasteiger partial charge in [0.15, 0.2) is 0 Å². The van der Waals surface area contributed by atoms with Crippen LogP contribution in [0, 0.1) is 6.92 Å². The summed E-state index contributed by atoms with van der Waals surface area (Å²) in [6.07, 6.45) is 0. The number of rotatable bonds is 5. The molecule has 4 heteroatoms. The van der Waals surface area contributed by atoms with E-state index in [-0.39, 0.29) is 0 Å². The summed E-state index contributed by atoms with van der Waals surface area (Å²) in [7, 11) is 0. The fraction of sp³-hybridized carbons (Fsp3) is 0.250. The molecule has 0 radical (unpaired) electrons. The first-order chi connectivity index (χ1) is 9.61. The second-order valence-electron chi connectivity index (χ2n) is 4.48. The Labute approximate surface area is 129 Å². The van der Waals surface area contributed by atoms with Crippen molar-refractivity contribution >= 4 is 28.9 Å². The Bertz CT molecular complexity index is 599. The lowest BCUT2D eigenvalue weighted by Gasteiger charge is -2.12. The molecule has 0 bridgehead atoms. The molecule has 0 aromatic heterocycles. The Hall–Kier alpha value is -1.38. The zero-order valence-electron chi connectivity index (χ0n) is 11.5. The number of benzene rings is 2. The molecule has 0 heterocycles. The van der Waals surface area contributed by atoms with E-state index in [9.17, 15) is 0 Å². The van der Waals surface area contributed by atoms with Crippen molar-refractivity contribution in [3.63, 3.8) is 0 Å². The third-order valence-corrected chi connectivity index (χ3v) is 3.87. The van der Waals surface area contributed by atoms with Crippen molar-refractivity contribution in [2.75, 3.05) is 11.9 Å². The summed E-state index contributed by atoms with van der Waals surface area (Å²) in [6.45, 7) is 5.33. The van der Waals surface area contributed by atoms with Crippen LogP contribution in [-0.2, 0) is 6.54 Å². The zero-order valence-corrected chi connectivity index (χ0v) is 13.1.